The SMILES string of the molecule is C[C@H]1CN(C(=O)NCCc2c(F)cccc2F)C[C@@H](c2ccccc2)O1. The molecule has 1 saturated heterocycles. The Balaban J connectivity index is 1.57. The normalized spacial score (nSPS) is 20.0. The van der Waals surface area contributed by atoms with E-state index in [-0.39, 0.29) is 36.8 Å². The average Bonchev–Trinajstić information content (AvgIpc) is 2.64. The molecule has 0 bridgehead atoms. The van der Waals surface area contributed by atoms with Crippen molar-refractivity contribution in [2.24, 2.45) is 0 Å². The second kappa shape index (κ2) is 8.27. The van der Waals surface area contributed by atoms with Gasteiger partial charge in [-0.2, -0.15) is 0 Å². The van der Waals surface area contributed by atoms with Gasteiger partial charge in [0.2, 0.25) is 0 Å². The van der Waals surface area contributed by atoms with E-state index in [1.54, 1.807) is 4.90 Å². The van der Waals surface area contributed by atoms with Gasteiger partial charge in [-0.3, -0.25) is 0 Å². The number of rotatable bonds is 4. The van der Waals surface area contributed by atoms with Gasteiger partial charge in [0, 0.05) is 18.7 Å². The lowest BCUT2D eigenvalue weighted by Gasteiger charge is -2.37. The first kappa shape index (κ1) is 18.3. The number of morpholine rings is 1. The third-order valence-electron chi connectivity index (χ3n) is 4.43. The fraction of sp³-hybridized carbons (Fsp3) is 0.350. The second-order valence-corrected chi connectivity index (χ2v) is 6.43. The molecule has 2 atom stereocenters. The minimum atomic E-state index is -0.594. The monoisotopic (exact) mass is 360 g/mol. The fourth-order valence-corrected chi connectivity index (χ4v) is 3.15. The lowest BCUT2D eigenvalue weighted by molar-refractivity contribution is -0.0656. The summed E-state index contributed by atoms with van der Waals surface area (Å²) >= 11 is 0. The number of hydrogen-bond donors (Lipinski definition) is 1. The zero-order valence-corrected chi connectivity index (χ0v) is 14.6. The highest BCUT2D eigenvalue weighted by Crippen LogP contribution is 2.25. The summed E-state index contributed by atoms with van der Waals surface area (Å²) in [6, 6.07) is 13.3. The van der Waals surface area contributed by atoms with Gasteiger partial charge in [0.25, 0.3) is 0 Å². The van der Waals surface area contributed by atoms with E-state index in [4.69, 9.17) is 4.74 Å². The summed E-state index contributed by atoms with van der Waals surface area (Å²) in [4.78, 5) is 14.1. The minimum Gasteiger partial charge on any atom is -0.367 e. The maximum Gasteiger partial charge on any atom is 0.317 e. The van der Waals surface area contributed by atoms with Crippen LogP contribution in [0.5, 0.6) is 0 Å². The molecule has 0 aromatic heterocycles. The number of halogens is 2. The van der Waals surface area contributed by atoms with Crippen molar-refractivity contribution in [1.29, 1.82) is 0 Å². The van der Waals surface area contributed by atoms with Gasteiger partial charge in [-0.05, 0) is 31.0 Å². The van der Waals surface area contributed by atoms with Crippen LogP contribution in [0.4, 0.5) is 13.6 Å². The topological polar surface area (TPSA) is 41.6 Å². The first-order valence-corrected chi connectivity index (χ1v) is 8.70. The predicted molar refractivity (Wildman–Crippen MR) is 94.8 cm³/mol. The highest BCUT2D eigenvalue weighted by Gasteiger charge is 2.29. The van der Waals surface area contributed by atoms with Crippen LogP contribution in [0.2, 0.25) is 0 Å². The zero-order chi connectivity index (χ0) is 18.5. The van der Waals surface area contributed by atoms with Crippen molar-refractivity contribution in [3.63, 3.8) is 0 Å². The minimum absolute atomic E-state index is 0.00897. The second-order valence-electron chi connectivity index (χ2n) is 6.43. The molecule has 2 amide bonds. The maximum atomic E-state index is 13.6. The molecule has 0 unspecified atom stereocenters. The quantitative estimate of drug-likeness (QED) is 0.904. The van der Waals surface area contributed by atoms with Crippen molar-refractivity contribution in [1.82, 2.24) is 10.2 Å². The highest BCUT2D eigenvalue weighted by atomic mass is 19.1. The Kier molecular flexibility index (Phi) is 5.83. The summed E-state index contributed by atoms with van der Waals surface area (Å²) in [6.07, 6.45) is -0.176. The number of amides is 2. The number of urea groups is 1. The maximum absolute atomic E-state index is 13.6. The Hall–Kier alpha value is -2.47. The predicted octanol–water partition coefficient (Wildman–Crippen LogP) is 3.68. The fourth-order valence-electron chi connectivity index (χ4n) is 3.15. The molecule has 0 spiro atoms. The number of carbonyl (C=O) groups excluding carboxylic acids is 1. The molecule has 26 heavy (non-hydrogen) atoms. The van der Waals surface area contributed by atoms with Gasteiger partial charge in [-0.15, -0.1) is 0 Å². The molecule has 1 aliphatic heterocycles. The third-order valence-corrected chi connectivity index (χ3v) is 4.43. The van der Waals surface area contributed by atoms with E-state index in [9.17, 15) is 13.6 Å². The largest absolute Gasteiger partial charge is 0.367 e. The molecular formula is C20H22F2N2O2. The van der Waals surface area contributed by atoms with Crippen LogP contribution in [0, 0.1) is 11.6 Å². The van der Waals surface area contributed by atoms with E-state index in [0.717, 1.165) is 5.56 Å². The molecule has 1 aliphatic rings. The van der Waals surface area contributed by atoms with Gasteiger partial charge in [-0.1, -0.05) is 36.4 Å². The van der Waals surface area contributed by atoms with E-state index in [1.165, 1.54) is 18.2 Å². The summed E-state index contributed by atoms with van der Waals surface area (Å²) in [5.41, 5.74) is 1.01. The van der Waals surface area contributed by atoms with Crippen LogP contribution in [0.25, 0.3) is 0 Å². The first-order valence-electron chi connectivity index (χ1n) is 8.70. The zero-order valence-electron chi connectivity index (χ0n) is 14.6. The van der Waals surface area contributed by atoms with Gasteiger partial charge in [0.1, 0.15) is 17.7 Å². The molecule has 0 saturated carbocycles. The number of hydrogen-bond acceptors (Lipinski definition) is 2. The van der Waals surface area contributed by atoms with Crippen molar-refractivity contribution in [3.05, 3.63) is 71.3 Å². The number of ether oxygens (including phenoxy) is 1. The van der Waals surface area contributed by atoms with Crippen LogP contribution >= 0.6 is 0 Å². The molecule has 4 nitrogen and oxygen atoms in total. The van der Waals surface area contributed by atoms with Crippen molar-refractivity contribution >= 4 is 6.03 Å². The molecule has 6 heteroatoms. The van der Waals surface area contributed by atoms with Crippen LogP contribution in [0.15, 0.2) is 48.5 Å². The Bertz CT molecular complexity index is 734. The number of nitrogens with zero attached hydrogens (tertiary/aromatic N) is 1. The van der Waals surface area contributed by atoms with Crippen molar-refractivity contribution < 1.29 is 18.3 Å². The third kappa shape index (κ3) is 4.38. The van der Waals surface area contributed by atoms with Crippen LogP contribution in [-0.4, -0.2) is 36.7 Å². The van der Waals surface area contributed by atoms with Gasteiger partial charge < -0.3 is 15.0 Å². The summed E-state index contributed by atoms with van der Waals surface area (Å²) in [7, 11) is 0. The molecular weight excluding hydrogens is 338 g/mol. The molecule has 138 valence electrons. The Morgan fingerprint density at radius 1 is 1.12 bits per heavy atom. The molecule has 0 radical (unpaired) electrons. The summed E-state index contributed by atoms with van der Waals surface area (Å²) in [5.74, 6) is -1.19. The molecule has 0 aliphatic carbocycles. The Morgan fingerprint density at radius 2 is 1.81 bits per heavy atom. The van der Waals surface area contributed by atoms with Crippen LogP contribution in [-0.2, 0) is 11.2 Å². The average molecular weight is 360 g/mol. The Labute approximate surface area is 151 Å². The summed E-state index contributed by atoms with van der Waals surface area (Å²) in [6.45, 7) is 3.00. The molecule has 1 N–H and O–H groups in total. The highest BCUT2D eigenvalue weighted by molar-refractivity contribution is 5.74. The van der Waals surface area contributed by atoms with Gasteiger partial charge in [0.15, 0.2) is 0 Å². The van der Waals surface area contributed by atoms with Crippen molar-refractivity contribution in [3.8, 4) is 0 Å². The summed E-state index contributed by atoms with van der Waals surface area (Å²) < 4.78 is 33.2. The lowest BCUT2D eigenvalue weighted by Crippen LogP contribution is -2.50. The summed E-state index contributed by atoms with van der Waals surface area (Å²) in [5, 5.41) is 2.75. The molecule has 1 fully saturated rings. The van der Waals surface area contributed by atoms with Gasteiger partial charge in [-0.25, -0.2) is 13.6 Å². The Morgan fingerprint density at radius 3 is 2.50 bits per heavy atom. The standard InChI is InChI=1S/C20H22F2N2O2/c1-14-12-24(13-19(26-14)15-6-3-2-4-7-15)20(25)23-11-10-16-17(21)8-5-9-18(16)22/h2-9,14,19H,10-13H2,1H3,(H,23,25)/t14-,19-/m0/s1. The lowest BCUT2D eigenvalue weighted by atomic mass is 10.1. The van der Waals surface area contributed by atoms with Gasteiger partial charge in [0.05, 0.1) is 12.6 Å². The van der Waals surface area contributed by atoms with Crippen LogP contribution in [0.3, 0.4) is 0 Å². The van der Waals surface area contributed by atoms with Crippen LogP contribution < -0.4 is 5.32 Å². The van der Waals surface area contributed by atoms with Crippen molar-refractivity contribution in [2.75, 3.05) is 19.6 Å². The van der Waals surface area contributed by atoms with Gasteiger partial charge >= 0.3 is 6.03 Å². The first-order chi connectivity index (χ1) is 12.5. The van der Waals surface area contributed by atoms with Crippen LogP contribution in [0.1, 0.15) is 24.2 Å². The number of benzene rings is 2. The van der Waals surface area contributed by atoms with E-state index >= 15 is 0 Å². The van der Waals surface area contributed by atoms with E-state index in [1.807, 2.05) is 37.3 Å². The molecule has 2 aromatic rings. The number of nitrogens with one attached hydrogen (secondary N) is 1. The van der Waals surface area contributed by atoms with E-state index in [0.29, 0.717) is 13.1 Å². The molecule has 2 aromatic carbocycles. The van der Waals surface area contributed by atoms with Crippen molar-refractivity contribution in [2.45, 2.75) is 25.6 Å². The van der Waals surface area contributed by atoms with E-state index < -0.39 is 11.6 Å². The van der Waals surface area contributed by atoms with E-state index in [2.05, 4.69) is 5.32 Å². The smallest absolute Gasteiger partial charge is 0.317 e. The number of carbonyl (C=O) groups is 1. The molecule has 1 heterocycles. The molecule has 3 rings (SSSR count).